The number of anilines is 1. The van der Waals surface area contributed by atoms with E-state index in [-0.39, 0.29) is 5.69 Å². The number of aryl methyl sites for hydroxylation is 1. The van der Waals surface area contributed by atoms with Crippen LogP contribution >= 0.6 is 15.9 Å². The number of hydrogen-bond donors (Lipinski definition) is 1. The highest BCUT2D eigenvalue weighted by atomic mass is 79.9. The summed E-state index contributed by atoms with van der Waals surface area (Å²) in [6.45, 7) is 2.46. The van der Waals surface area contributed by atoms with Crippen molar-refractivity contribution < 1.29 is 9.66 Å². The summed E-state index contributed by atoms with van der Waals surface area (Å²) in [7, 11) is 1.61. The van der Waals surface area contributed by atoms with Crippen molar-refractivity contribution in [3.63, 3.8) is 0 Å². The molecule has 0 aliphatic carbocycles. The quantitative estimate of drug-likeness (QED) is 0.645. The Labute approximate surface area is 131 Å². The standard InChI is InChI=1S/C15H15BrN2O3/c1-10-6-12(16)8-14(21-2)15(10)17-9-11-4-3-5-13(7-11)18(19)20/h3-8,17H,9H2,1-2H3. The Hall–Kier alpha value is -2.08. The molecular formula is C15H15BrN2O3. The van der Waals surface area contributed by atoms with Gasteiger partial charge in [-0.2, -0.15) is 0 Å². The fourth-order valence-electron chi connectivity index (χ4n) is 2.07. The molecule has 0 amide bonds. The number of halogens is 1. The number of methoxy groups -OCH3 is 1. The number of hydrogen-bond acceptors (Lipinski definition) is 4. The van der Waals surface area contributed by atoms with Crippen LogP contribution in [0.1, 0.15) is 11.1 Å². The van der Waals surface area contributed by atoms with Crippen LogP contribution in [0.3, 0.4) is 0 Å². The van der Waals surface area contributed by atoms with Crippen molar-refractivity contribution in [2.24, 2.45) is 0 Å². The summed E-state index contributed by atoms with van der Waals surface area (Å²) in [5, 5.41) is 14.1. The molecule has 2 aromatic rings. The Morgan fingerprint density at radius 2 is 2.10 bits per heavy atom. The number of nitro benzene ring substituents is 1. The topological polar surface area (TPSA) is 64.4 Å². The molecule has 110 valence electrons. The third-order valence-corrected chi connectivity index (χ3v) is 3.53. The molecule has 0 unspecified atom stereocenters. The van der Waals surface area contributed by atoms with Crippen LogP contribution in [0.5, 0.6) is 5.75 Å². The minimum Gasteiger partial charge on any atom is -0.495 e. The van der Waals surface area contributed by atoms with E-state index in [0.29, 0.717) is 6.54 Å². The molecule has 0 bridgehead atoms. The summed E-state index contributed by atoms with van der Waals surface area (Å²) >= 11 is 3.43. The summed E-state index contributed by atoms with van der Waals surface area (Å²) in [4.78, 5) is 10.4. The van der Waals surface area contributed by atoms with Gasteiger partial charge in [-0.25, -0.2) is 0 Å². The fourth-order valence-corrected chi connectivity index (χ4v) is 2.62. The molecule has 0 aromatic heterocycles. The van der Waals surface area contributed by atoms with Gasteiger partial charge in [0, 0.05) is 23.2 Å². The maximum Gasteiger partial charge on any atom is 0.269 e. The molecule has 0 fully saturated rings. The van der Waals surface area contributed by atoms with Gasteiger partial charge in [-0.1, -0.05) is 28.1 Å². The second-order valence-electron chi connectivity index (χ2n) is 4.58. The van der Waals surface area contributed by atoms with Crippen molar-refractivity contribution >= 4 is 27.3 Å². The number of ether oxygens (including phenoxy) is 1. The molecule has 6 heteroatoms. The third-order valence-electron chi connectivity index (χ3n) is 3.07. The highest BCUT2D eigenvalue weighted by Crippen LogP contribution is 2.32. The van der Waals surface area contributed by atoms with Crippen LogP contribution in [0.4, 0.5) is 11.4 Å². The molecule has 1 N–H and O–H groups in total. The highest BCUT2D eigenvalue weighted by molar-refractivity contribution is 9.10. The van der Waals surface area contributed by atoms with Gasteiger partial charge in [-0.05, 0) is 30.2 Å². The first-order valence-corrected chi connectivity index (χ1v) is 7.12. The second kappa shape index (κ2) is 6.58. The van der Waals surface area contributed by atoms with E-state index in [0.717, 1.165) is 27.0 Å². The molecule has 0 radical (unpaired) electrons. The summed E-state index contributed by atoms with van der Waals surface area (Å²) in [6.07, 6.45) is 0. The molecule has 5 nitrogen and oxygen atoms in total. The van der Waals surface area contributed by atoms with Crippen molar-refractivity contribution in [3.05, 3.63) is 62.1 Å². The molecule has 0 saturated carbocycles. The summed E-state index contributed by atoms with van der Waals surface area (Å²) in [5.41, 5.74) is 2.85. The maximum atomic E-state index is 10.8. The Morgan fingerprint density at radius 3 is 2.76 bits per heavy atom. The molecule has 2 rings (SSSR count). The lowest BCUT2D eigenvalue weighted by Gasteiger charge is -2.14. The number of rotatable bonds is 5. The van der Waals surface area contributed by atoms with E-state index < -0.39 is 4.92 Å². The molecule has 0 spiro atoms. The average molecular weight is 351 g/mol. The molecule has 0 aliphatic rings. The Bertz CT molecular complexity index is 674. The number of nitrogens with one attached hydrogen (secondary N) is 1. The van der Waals surface area contributed by atoms with Gasteiger partial charge in [-0.3, -0.25) is 10.1 Å². The zero-order chi connectivity index (χ0) is 15.4. The van der Waals surface area contributed by atoms with Crippen LogP contribution in [0.25, 0.3) is 0 Å². The highest BCUT2D eigenvalue weighted by Gasteiger charge is 2.09. The van der Waals surface area contributed by atoms with Gasteiger partial charge in [0.2, 0.25) is 0 Å². The van der Waals surface area contributed by atoms with Crippen LogP contribution in [0.2, 0.25) is 0 Å². The Morgan fingerprint density at radius 1 is 1.33 bits per heavy atom. The molecule has 0 heterocycles. The van der Waals surface area contributed by atoms with E-state index in [4.69, 9.17) is 4.74 Å². The Balaban J connectivity index is 2.20. The molecule has 0 aliphatic heterocycles. The first kappa shape index (κ1) is 15.3. The van der Waals surface area contributed by atoms with Crippen molar-refractivity contribution in [2.45, 2.75) is 13.5 Å². The van der Waals surface area contributed by atoms with Crippen molar-refractivity contribution in [1.82, 2.24) is 0 Å². The van der Waals surface area contributed by atoms with Gasteiger partial charge in [0.25, 0.3) is 5.69 Å². The zero-order valence-corrected chi connectivity index (χ0v) is 13.3. The number of nitro groups is 1. The molecule has 0 atom stereocenters. The van der Waals surface area contributed by atoms with Gasteiger partial charge < -0.3 is 10.1 Å². The molecule has 0 saturated heterocycles. The number of non-ortho nitro benzene ring substituents is 1. The fraction of sp³-hybridized carbons (Fsp3) is 0.200. The van der Waals surface area contributed by atoms with Crippen molar-refractivity contribution in [1.29, 1.82) is 0 Å². The van der Waals surface area contributed by atoms with Gasteiger partial charge in [0.05, 0.1) is 17.7 Å². The van der Waals surface area contributed by atoms with E-state index in [1.165, 1.54) is 6.07 Å². The van der Waals surface area contributed by atoms with Crippen molar-refractivity contribution in [3.8, 4) is 5.75 Å². The van der Waals surface area contributed by atoms with E-state index in [1.54, 1.807) is 19.2 Å². The van der Waals surface area contributed by atoms with Crippen LogP contribution in [0, 0.1) is 17.0 Å². The average Bonchev–Trinajstić information content (AvgIpc) is 2.45. The van der Waals surface area contributed by atoms with Gasteiger partial charge >= 0.3 is 0 Å². The first-order chi connectivity index (χ1) is 10.0. The number of nitrogens with zero attached hydrogens (tertiary/aromatic N) is 1. The lowest BCUT2D eigenvalue weighted by molar-refractivity contribution is -0.384. The predicted octanol–water partition coefficient (Wildman–Crippen LogP) is 4.29. The minimum absolute atomic E-state index is 0.0915. The molecule has 21 heavy (non-hydrogen) atoms. The first-order valence-electron chi connectivity index (χ1n) is 6.32. The van der Waals surface area contributed by atoms with Crippen LogP contribution in [-0.4, -0.2) is 12.0 Å². The minimum atomic E-state index is -0.394. The number of benzene rings is 2. The van der Waals surface area contributed by atoms with E-state index >= 15 is 0 Å². The molecular weight excluding hydrogens is 336 g/mol. The molecule has 2 aromatic carbocycles. The monoisotopic (exact) mass is 350 g/mol. The summed E-state index contributed by atoms with van der Waals surface area (Å²) < 4.78 is 6.30. The van der Waals surface area contributed by atoms with E-state index in [9.17, 15) is 10.1 Å². The van der Waals surface area contributed by atoms with E-state index in [1.807, 2.05) is 25.1 Å². The van der Waals surface area contributed by atoms with Crippen LogP contribution in [-0.2, 0) is 6.54 Å². The lowest BCUT2D eigenvalue weighted by Crippen LogP contribution is -2.03. The largest absolute Gasteiger partial charge is 0.495 e. The van der Waals surface area contributed by atoms with Crippen LogP contribution < -0.4 is 10.1 Å². The SMILES string of the molecule is COc1cc(Br)cc(C)c1NCc1cccc([N+](=O)[O-])c1. The summed E-state index contributed by atoms with van der Waals surface area (Å²) in [5.74, 6) is 0.729. The lowest BCUT2D eigenvalue weighted by atomic mass is 10.1. The van der Waals surface area contributed by atoms with Gasteiger partial charge in [0.15, 0.2) is 0 Å². The third kappa shape index (κ3) is 3.72. The smallest absolute Gasteiger partial charge is 0.269 e. The Kier molecular flexibility index (Phi) is 4.80. The maximum absolute atomic E-state index is 10.8. The zero-order valence-electron chi connectivity index (χ0n) is 11.7. The predicted molar refractivity (Wildman–Crippen MR) is 85.9 cm³/mol. The normalized spacial score (nSPS) is 10.2. The van der Waals surface area contributed by atoms with E-state index in [2.05, 4.69) is 21.2 Å². The van der Waals surface area contributed by atoms with Gasteiger partial charge in [-0.15, -0.1) is 0 Å². The summed E-state index contributed by atoms with van der Waals surface area (Å²) in [6, 6.07) is 10.4. The van der Waals surface area contributed by atoms with Gasteiger partial charge in [0.1, 0.15) is 5.75 Å². The van der Waals surface area contributed by atoms with Crippen LogP contribution in [0.15, 0.2) is 40.9 Å². The van der Waals surface area contributed by atoms with Crippen molar-refractivity contribution in [2.75, 3.05) is 12.4 Å². The second-order valence-corrected chi connectivity index (χ2v) is 5.50.